The number of carbonyl (C=O) groups is 1. The van der Waals surface area contributed by atoms with Crippen LogP contribution < -0.4 is 5.73 Å². The van der Waals surface area contributed by atoms with E-state index in [-0.39, 0.29) is 0 Å². The fraction of sp³-hybridized carbons (Fsp3) is 0.286. The molecule has 0 bridgehead atoms. The minimum atomic E-state index is -0.527. The highest BCUT2D eigenvalue weighted by molar-refractivity contribution is 5.57. The van der Waals surface area contributed by atoms with Gasteiger partial charge in [-0.25, -0.2) is 10.1 Å². The Bertz CT molecular complexity index is 434. The van der Waals surface area contributed by atoms with Gasteiger partial charge in [-0.2, -0.15) is 0 Å². The van der Waals surface area contributed by atoms with Crippen LogP contribution in [0.15, 0.2) is 12.5 Å². The second-order valence-corrected chi connectivity index (χ2v) is 3.00. The lowest BCUT2D eigenvalue weighted by atomic mass is 10.2. The van der Waals surface area contributed by atoms with Gasteiger partial charge in [0.05, 0.1) is 11.7 Å². The molecule has 2 aromatic heterocycles. The van der Waals surface area contributed by atoms with Crippen LogP contribution in [0.4, 0.5) is 0 Å². The molecule has 8 nitrogen and oxygen atoms in total. The molecule has 0 spiro atoms. The number of nitrogens with one attached hydrogen (secondary N) is 1. The monoisotopic (exact) mass is 207 g/mol. The molecule has 0 aromatic carbocycles. The molecule has 0 aliphatic rings. The molecular weight excluding hydrogens is 198 g/mol. The van der Waals surface area contributed by atoms with Gasteiger partial charge < -0.3 is 10.5 Å². The number of carbonyl (C=O) groups excluding carboxylic acids is 1. The summed E-state index contributed by atoms with van der Waals surface area (Å²) < 4.78 is 1.62. The smallest absolute Gasteiger partial charge is 0.252 e. The van der Waals surface area contributed by atoms with Crippen LogP contribution in [0.3, 0.4) is 0 Å². The summed E-state index contributed by atoms with van der Waals surface area (Å²) >= 11 is 0. The molecule has 0 saturated carbocycles. The molecule has 0 aliphatic heterocycles. The molecule has 2 rings (SSSR count). The number of nitrogens with two attached hydrogens (primary N) is 1. The zero-order valence-electron chi connectivity index (χ0n) is 7.74. The van der Waals surface area contributed by atoms with Gasteiger partial charge in [-0.15, -0.1) is 0 Å². The summed E-state index contributed by atoms with van der Waals surface area (Å²) in [5.74, 6) is 0.466. The molecule has 0 fully saturated rings. The number of aldehydes is 1. The number of aromatic amines is 1. The number of hydrogen-bond donors (Lipinski definition) is 2. The second-order valence-electron chi connectivity index (χ2n) is 3.00. The zero-order chi connectivity index (χ0) is 10.7. The van der Waals surface area contributed by atoms with Gasteiger partial charge in [0.15, 0.2) is 0 Å². The highest BCUT2D eigenvalue weighted by atomic mass is 16.1. The number of aromatic nitrogens is 6. The van der Waals surface area contributed by atoms with Crippen LogP contribution in [-0.4, -0.2) is 42.5 Å². The van der Waals surface area contributed by atoms with E-state index in [1.165, 1.54) is 0 Å². The SMILES string of the molecule is N[C@@H](C=O)Cc1cn(-c2nnn[nH]2)cn1. The number of hydrogen-bond acceptors (Lipinski definition) is 6. The Hall–Kier alpha value is -2.09. The number of H-pyrrole nitrogens is 1. The third-order valence-corrected chi connectivity index (χ3v) is 1.83. The summed E-state index contributed by atoms with van der Waals surface area (Å²) in [5, 5.41) is 13.2. The molecule has 78 valence electrons. The maximum absolute atomic E-state index is 10.3. The minimum Gasteiger partial charge on any atom is -0.321 e. The van der Waals surface area contributed by atoms with Gasteiger partial charge in [0.25, 0.3) is 5.95 Å². The highest BCUT2D eigenvalue weighted by Crippen LogP contribution is 2.02. The van der Waals surface area contributed by atoms with Crippen LogP contribution in [0.25, 0.3) is 5.95 Å². The number of rotatable bonds is 4. The summed E-state index contributed by atoms with van der Waals surface area (Å²) in [5.41, 5.74) is 6.18. The molecule has 15 heavy (non-hydrogen) atoms. The van der Waals surface area contributed by atoms with Crippen molar-refractivity contribution in [1.29, 1.82) is 0 Å². The van der Waals surface area contributed by atoms with Crippen molar-refractivity contribution >= 4 is 6.29 Å². The van der Waals surface area contributed by atoms with Gasteiger partial charge in [0.1, 0.15) is 12.6 Å². The Morgan fingerprint density at radius 2 is 2.53 bits per heavy atom. The van der Waals surface area contributed by atoms with Gasteiger partial charge in [-0.05, 0) is 10.4 Å². The largest absolute Gasteiger partial charge is 0.321 e. The predicted octanol–water partition coefficient (Wildman–Crippen LogP) is -1.55. The summed E-state index contributed by atoms with van der Waals surface area (Å²) in [7, 11) is 0. The molecule has 3 N–H and O–H groups in total. The lowest BCUT2D eigenvalue weighted by molar-refractivity contribution is -0.108. The van der Waals surface area contributed by atoms with Crippen LogP contribution in [0.1, 0.15) is 5.69 Å². The number of tetrazole rings is 1. The van der Waals surface area contributed by atoms with Crippen LogP contribution in [0, 0.1) is 0 Å². The lowest BCUT2D eigenvalue weighted by Gasteiger charge is -1.98. The maximum atomic E-state index is 10.3. The van der Waals surface area contributed by atoms with E-state index >= 15 is 0 Å². The lowest BCUT2D eigenvalue weighted by Crippen LogP contribution is -2.24. The standard InChI is InChI=1S/C7H9N7O/c8-5(3-15)1-6-2-14(4-9-6)7-10-12-13-11-7/h2-5H,1,8H2,(H,10,11,12,13)/t5-/m1/s1. The molecule has 0 radical (unpaired) electrons. The second kappa shape index (κ2) is 3.96. The first kappa shape index (κ1) is 9.46. The maximum Gasteiger partial charge on any atom is 0.252 e. The van der Waals surface area contributed by atoms with Gasteiger partial charge >= 0.3 is 0 Å². The van der Waals surface area contributed by atoms with Crippen molar-refractivity contribution in [2.45, 2.75) is 12.5 Å². The van der Waals surface area contributed by atoms with Gasteiger partial charge in [0, 0.05) is 12.6 Å². The van der Waals surface area contributed by atoms with Crippen molar-refractivity contribution in [1.82, 2.24) is 30.2 Å². The van der Waals surface area contributed by atoms with Crippen LogP contribution in [0.5, 0.6) is 0 Å². The molecule has 0 saturated heterocycles. The van der Waals surface area contributed by atoms with Crippen LogP contribution >= 0.6 is 0 Å². The van der Waals surface area contributed by atoms with Crippen molar-refractivity contribution in [2.24, 2.45) is 5.73 Å². The van der Waals surface area contributed by atoms with E-state index in [1.807, 2.05) is 0 Å². The normalized spacial score (nSPS) is 12.6. The number of nitrogens with zero attached hydrogens (tertiary/aromatic N) is 5. The Balaban J connectivity index is 2.14. The first-order valence-electron chi connectivity index (χ1n) is 4.27. The molecule has 0 aliphatic carbocycles. The molecule has 2 aromatic rings. The Labute approximate surface area is 84.5 Å². The van der Waals surface area contributed by atoms with E-state index in [9.17, 15) is 4.79 Å². The van der Waals surface area contributed by atoms with Crippen LogP contribution in [-0.2, 0) is 11.2 Å². The average Bonchev–Trinajstić information content (AvgIpc) is 2.85. The van der Waals surface area contributed by atoms with Crippen molar-refractivity contribution in [3.05, 3.63) is 18.2 Å². The fourth-order valence-electron chi connectivity index (χ4n) is 1.14. The summed E-state index contributed by atoms with van der Waals surface area (Å²) in [4.78, 5) is 14.4. The average molecular weight is 207 g/mol. The van der Waals surface area contributed by atoms with E-state index < -0.39 is 6.04 Å². The molecule has 8 heteroatoms. The van der Waals surface area contributed by atoms with Crippen LogP contribution in [0.2, 0.25) is 0 Å². The van der Waals surface area contributed by atoms with Gasteiger partial charge in [-0.3, -0.25) is 4.57 Å². The molecular formula is C7H9N7O. The third-order valence-electron chi connectivity index (χ3n) is 1.83. The molecule has 0 amide bonds. The Morgan fingerprint density at radius 1 is 1.67 bits per heavy atom. The van der Waals surface area contributed by atoms with Crippen molar-refractivity contribution in [3.8, 4) is 5.95 Å². The van der Waals surface area contributed by atoms with Crippen molar-refractivity contribution in [2.75, 3.05) is 0 Å². The highest BCUT2D eigenvalue weighted by Gasteiger charge is 2.07. The zero-order valence-corrected chi connectivity index (χ0v) is 7.74. The third kappa shape index (κ3) is 2.05. The fourth-order valence-corrected chi connectivity index (χ4v) is 1.14. The van der Waals surface area contributed by atoms with E-state index in [2.05, 4.69) is 25.6 Å². The van der Waals surface area contributed by atoms with E-state index in [4.69, 9.17) is 5.73 Å². The van der Waals surface area contributed by atoms with E-state index in [0.29, 0.717) is 24.3 Å². The van der Waals surface area contributed by atoms with Gasteiger partial charge in [-0.1, -0.05) is 5.10 Å². The summed E-state index contributed by atoms with van der Waals surface area (Å²) in [6, 6.07) is -0.527. The first-order valence-corrected chi connectivity index (χ1v) is 4.27. The number of imidazole rings is 1. The van der Waals surface area contributed by atoms with Crippen molar-refractivity contribution in [3.63, 3.8) is 0 Å². The Kier molecular flexibility index (Phi) is 2.50. The first-order chi connectivity index (χ1) is 7.29. The summed E-state index contributed by atoms with van der Waals surface area (Å²) in [6.45, 7) is 0. The topological polar surface area (TPSA) is 115 Å². The summed E-state index contributed by atoms with van der Waals surface area (Å²) in [6.07, 6.45) is 4.35. The van der Waals surface area contributed by atoms with Gasteiger partial charge in [0.2, 0.25) is 0 Å². The molecule has 0 unspecified atom stereocenters. The molecule has 2 heterocycles. The van der Waals surface area contributed by atoms with E-state index in [0.717, 1.165) is 0 Å². The van der Waals surface area contributed by atoms with Crippen molar-refractivity contribution < 1.29 is 4.79 Å². The quantitative estimate of drug-likeness (QED) is 0.586. The van der Waals surface area contributed by atoms with E-state index in [1.54, 1.807) is 17.1 Å². The molecule has 1 atom stereocenters. The predicted molar refractivity (Wildman–Crippen MR) is 49.0 cm³/mol. The minimum absolute atomic E-state index is 0.401. The Morgan fingerprint density at radius 3 is 3.20 bits per heavy atom.